The number of benzene rings is 2. The van der Waals surface area contributed by atoms with E-state index in [1.165, 1.54) is 10.9 Å². The first-order valence-corrected chi connectivity index (χ1v) is 9.33. The van der Waals surface area contributed by atoms with Crippen molar-refractivity contribution in [1.29, 1.82) is 0 Å². The second-order valence-corrected chi connectivity index (χ2v) is 6.83. The van der Waals surface area contributed by atoms with Crippen LogP contribution in [0.2, 0.25) is 5.02 Å². The van der Waals surface area contributed by atoms with Crippen LogP contribution in [0.4, 0.5) is 0 Å². The molecule has 0 saturated heterocycles. The van der Waals surface area contributed by atoms with Crippen LogP contribution in [0.3, 0.4) is 0 Å². The lowest BCUT2D eigenvalue weighted by Crippen LogP contribution is -2.48. The average molecular weight is 416 g/mol. The van der Waals surface area contributed by atoms with Crippen molar-refractivity contribution < 1.29 is 4.79 Å². The Morgan fingerprint density at radius 3 is 2.64 bits per heavy atom. The zero-order valence-electron chi connectivity index (χ0n) is 14.8. The maximum Gasteiger partial charge on any atom is 0.260 e. The number of aromatic nitrogens is 2. The maximum atomic E-state index is 12.2. The SMILES string of the molecule is O=C(Cn1ncc(=O)c2ccccc21)NNC(=S)NCCc1ccc(Cl)cc1. The monoisotopic (exact) mass is 415 g/mol. The third-order valence-corrected chi connectivity index (χ3v) is 4.48. The molecule has 1 amide bonds. The zero-order valence-corrected chi connectivity index (χ0v) is 16.4. The molecule has 0 unspecified atom stereocenters. The first kappa shape index (κ1) is 19.8. The fourth-order valence-corrected chi connectivity index (χ4v) is 2.88. The molecule has 3 N–H and O–H groups in total. The highest BCUT2D eigenvalue weighted by atomic mass is 35.5. The predicted molar refractivity (Wildman–Crippen MR) is 113 cm³/mol. The number of para-hydroxylation sites is 1. The van der Waals surface area contributed by atoms with Gasteiger partial charge in [0, 0.05) is 17.0 Å². The normalized spacial score (nSPS) is 10.5. The van der Waals surface area contributed by atoms with Gasteiger partial charge in [0.25, 0.3) is 5.91 Å². The summed E-state index contributed by atoms with van der Waals surface area (Å²) >= 11 is 11.0. The van der Waals surface area contributed by atoms with Gasteiger partial charge in [-0.15, -0.1) is 0 Å². The summed E-state index contributed by atoms with van der Waals surface area (Å²) in [4.78, 5) is 24.0. The number of halogens is 1. The lowest BCUT2D eigenvalue weighted by Gasteiger charge is -2.13. The van der Waals surface area contributed by atoms with Gasteiger partial charge in [-0.1, -0.05) is 35.9 Å². The van der Waals surface area contributed by atoms with Crippen LogP contribution in [0.5, 0.6) is 0 Å². The molecule has 0 atom stereocenters. The quantitative estimate of drug-likeness (QED) is 0.435. The third-order valence-electron chi connectivity index (χ3n) is 3.98. The second kappa shape index (κ2) is 9.29. The number of carbonyl (C=O) groups is 1. The first-order chi connectivity index (χ1) is 13.5. The van der Waals surface area contributed by atoms with Gasteiger partial charge in [-0.2, -0.15) is 5.10 Å². The molecule has 28 heavy (non-hydrogen) atoms. The van der Waals surface area contributed by atoms with Gasteiger partial charge in [0.1, 0.15) is 6.54 Å². The molecule has 9 heteroatoms. The van der Waals surface area contributed by atoms with E-state index in [1.54, 1.807) is 24.3 Å². The summed E-state index contributed by atoms with van der Waals surface area (Å²) in [5.41, 5.74) is 6.70. The van der Waals surface area contributed by atoms with Crippen molar-refractivity contribution in [1.82, 2.24) is 25.9 Å². The fraction of sp³-hybridized carbons (Fsp3) is 0.158. The van der Waals surface area contributed by atoms with E-state index in [2.05, 4.69) is 21.3 Å². The molecule has 0 aliphatic heterocycles. The molecule has 3 aromatic rings. The van der Waals surface area contributed by atoms with E-state index in [4.69, 9.17) is 23.8 Å². The molecule has 0 bridgehead atoms. The number of thiocarbonyl (C=S) groups is 1. The Balaban J connectivity index is 1.46. The molecule has 0 aliphatic carbocycles. The lowest BCUT2D eigenvalue weighted by atomic mass is 10.1. The van der Waals surface area contributed by atoms with Gasteiger partial charge in [-0.3, -0.25) is 25.1 Å². The van der Waals surface area contributed by atoms with Crippen molar-refractivity contribution in [2.24, 2.45) is 0 Å². The van der Waals surface area contributed by atoms with Crippen LogP contribution in [0.15, 0.2) is 59.5 Å². The van der Waals surface area contributed by atoms with Crippen LogP contribution < -0.4 is 21.6 Å². The Hall–Kier alpha value is -2.97. The number of carbonyl (C=O) groups excluding carboxylic acids is 1. The Bertz CT molecular complexity index is 1050. The molecule has 0 radical (unpaired) electrons. The van der Waals surface area contributed by atoms with Gasteiger partial charge < -0.3 is 5.32 Å². The van der Waals surface area contributed by atoms with Gasteiger partial charge in [-0.25, -0.2) is 0 Å². The summed E-state index contributed by atoms with van der Waals surface area (Å²) < 4.78 is 1.46. The van der Waals surface area contributed by atoms with Gasteiger partial charge >= 0.3 is 0 Å². The van der Waals surface area contributed by atoms with Crippen LogP contribution >= 0.6 is 23.8 Å². The van der Waals surface area contributed by atoms with Crippen molar-refractivity contribution in [3.63, 3.8) is 0 Å². The van der Waals surface area contributed by atoms with Gasteiger partial charge in [0.05, 0.1) is 11.7 Å². The first-order valence-electron chi connectivity index (χ1n) is 8.55. The van der Waals surface area contributed by atoms with E-state index in [0.29, 0.717) is 27.6 Å². The minimum Gasteiger partial charge on any atom is -0.361 e. The van der Waals surface area contributed by atoms with Crippen LogP contribution in [-0.4, -0.2) is 27.3 Å². The Labute approximate surface area is 171 Å². The number of hydrazine groups is 1. The molecule has 0 spiro atoms. The van der Waals surface area contributed by atoms with Crippen molar-refractivity contribution >= 4 is 45.7 Å². The topological polar surface area (TPSA) is 88.0 Å². The van der Waals surface area contributed by atoms with Crippen LogP contribution in [0.1, 0.15) is 5.56 Å². The number of hydrogen-bond donors (Lipinski definition) is 3. The van der Waals surface area contributed by atoms with Gasteiger partial charge in [0.2, 0.25) is 5.43 Å². The molecule has 144 valence electrons. The van der Waals surface area contributed by atoms with E-state index in [-0.39, 0.29) is 17.9 Å². The highest BCUT2D eigenvalue weighted by Crippen LogP contribution is 2.09. The third kappa shape index (κ3) is 5.28. The summed E-state index contributed by atoms with van der Waals surface area (Å²) in [6.07, 6.45) is 1.96. The molecule has 3 rings (SSSR count). The highest BCUT2D eigenvalue weighted by molar-refractivity contribution is 7.80. The van der Waals surface area contributed by atoms with Crippen molar-refractivity contribution in [3.05, 3.63) is 75.5 Å². The van der Waals surface area contributed by atoms with E-state index >= 15 is 0 Å². The van der Waals surface area contributed by atoms with E-state index in [0.717, 1.165) is 12.0 Å². The largest absolute Gasteiger partial charge is 0.361 e. The molecule has 1 heterocycles. The minimum atomic E-state index is -0.344. The van der Waals surface area contributed by atoms with Crippen molar-refractivity contribution in [2.45, 2.75) is 13.0 Å². The molecule has 0 fully saturated rings. The molecular weight excluding hydrogens is 398 g/mol. The summed E-state index contributed by atoms with van der Waals surface area (Å²) in [7, 11) is 0. The zero-order chi connectivity index (χ0) is 19.9. The van der Waals surface area contributed by atoms with Crippen molar-refractivity contribution in [2.75, 3.05) is 6.54 Å². The molecule has 7 nitrogen and oxygen atoms in total. The minimum absolute atomic E-state index is 0.0544. The average Bonchev–Trinajstić information content (AvgIpc) is 2.70. The highest BCUT2D eigenvalue weighted by Gasteiger charge is 2.08. The van der Waals surface area contributed by atoms with Crippen LogP contribution in [-0.2, 0) is 17.8 Å². The number of amides is 1. The predicted octanol–water partition coefficient (Wildman–Crippen LogP) is 1.79. The summed E-state index contributed by atoms with van der Waals surface area (Å²) in [5, 5.41) is 8.54. The standard InChI is InChI=1S/C19H18ClN5O2S/c20-14-7-5-13(6-8-14)9-10-21-19(28)24-23-18(27)12-25-16-4-2-1-3-15(16)17(26)11-22-25/h1-8,11H,9-10,12H2,(H,23,27)(H2,21,24,28). The number of nitrogens with zero attached hydrogens (tertiary/aromatic N) is 2. The molecule has 1 aromatic heterocycles. The smallest absolute Gasteiger partial charge is 0.260 e. The Morgan fingerprint density at radius 2 is 1.86 bits per heavy atom. The molecular formula is C19H18ClN5O2S. The summed E-state index contributed by atoms with van der Waals surface area (Å²) in [6.45, 7) is 0.552. The van der Waals surface area contributed by atoms with E-state index in [9.17, 15) is 9.59 Å². The molecule has 0 aliphatic rings. The number of nitrogens with one attached hydrogen (secondary N) is 3. The number of rotatable bonds is 5. The van der Waals surface area contributed by atoms with Crippen LogP contribution in [0, 0.1) is 0 Å². The molecule has 2 aromatic carbocycles. The van der Waals surface area contributed by atoms with E-state index < -0.39 is 0 Å². The summed E-state index contributed by atoms with van der Waals surface area (Å²) in [5.74, 6) is -0.344. The van der Waals surface area contributed by atoms with Gasteiger partial charge in [-0.05, 0) is 48.5 Å². The second-order valence-electron chi connectivity index (χ2n) is 5.99. The van der Waals surface area contributed by atoms with Crippen molar-refractivity contribution in [3.8, 4) is 0 Å². The molecule has 0 saturated carbocycles. The fourth-order valence-electron chi connectivity index (χ4n) is 2.60. The Morgan fingerprint density at radius 1 is 1.11 bits per heavy atom. The lowest BCUT2D eigenvalue weighted by molar-refractivity contribution is -0.122. The summed E-state index contributed by atoms with van der Waals surface area (Å²) in [6, 6.07) is 14.6. The maximum absolute atomic E-state index is 12.2. The Kier molecular flexibility index (Phi) is 6.57. The van der Waals surface area contributed by atoms with E-state index in [1.807, 2.05) is 24.3 Å². The van der Waals surface area contributed by atoms with Crippen LogP contribution in [0.25, 0.3) is 10.9 Å². The number of hydrogen-bond acceptors (Lipinski definition) is 4. The number of fused-ring (bicyclic) bond motifs is 1. The van der Waals surface area contributed by atoms with Gasteiger partial charge in [0.15, 0.2) is 5.11 Å².